The molecular weight excluding hydrogens is 520 g/mol. The molecule has 228 valence electrons. The Kier molecular flexibility index (Phi) is 15.7. The SMILES string of the molecule is CCCCCCCCCCCCOc1ccc(-c2ncc(-c3ccc(OC(=O)CCCCC(C)CC)cc3)cn2)cc1. The molecule has 1 unspecified atom stereocenters. The van der Waals surface area contributed by atoms with Gasteiger partial charge in [-0.2, -0.15) is 0 Å². The summed E-state index contributed by atoms with van der Waals surface area (Å²) in [4.78, 5) is 21.3. The van der Waals surface area contributed by atoms with Crippen LogP contribution in [-0.4, -0.2) is 22.5 Å². The van der Waals surface area contributed by atoms with Gasteiger partial charge in [0.1, 0.15) is 11.5 Å². The van der Waals surface area contributed by atoms with Crippen LogP contribution < -0.4 is 9.47 Å². The first-order valence-electron chi connectivity index (χ1n) is 16.5. The summed E-state index contributed by atoms with van der Waals surface area (Å²) in [6.45, 7) is 7.49. The van der Waals surface area contributed by atoms with E-state index in [9.17, 15) is 4.79 Å². The van der Waals surface area contributed by atoms with E-state index >= 15 is 0 Å². The summed E-state index contributed by atoms with van der Waals surface area (Å²) in [7, 11) is 0. The number of carbonyl (C=O) groups excluding carboxylic acids is 1. The summed E-state index contributed by atoms with van der Waals surface area (Å²) < 4.78 is 11.5. The number of hydrogen-bond acceptors (Lipinski definition) is 5. The summed E-state index contributed by atoms with van der Waals surface area (Å²) in [5.74, 6) is 2.68. The normalized spacial score (nSPS) is 11.8. The van der Waals surface area contributed by atoms with Gasteiger partial charge in [0.05, 0.1) is 6.61 Å². The molecule has 0 aliphatic heterocycles. The Bertz CT molecular complexity index is 1130. The monoisotopic (exact) mass is 572 g/mol. The summed E-state index contributed by atoms with van der Waals surface area (Å²) >= 11 is 0. The zero-order chi connectivity index (χ0) is 29.8. The average molecular weight is 573 g/mol. The van der Waals surface area contributed by atoms with Crippen molar-refractivity contribution in [2.75, 3.05) is 6.61 Å². The summed E-state index contributed by atoms with van der Waals surface area (Å²) in [5, 5.41) is 0. The second kappa shape index (κ2) is 19.8. The van der Waals surface area contributed by atoms with Gasteiger partial charge in [0.25, 0.3) is 0 Å². The van der Waals surface area contributed by atoms with Gasteiger partial charge in [-0.3, -0.25) is 4.79 Å². The highest BCUT2D eigenvalue weighted by Gasteiger charge is 2.08. The fourth-order valence-corrected chi connectivity index (χ4v) is 4.97. The van der Waals surface area contributed by atoms with Crippen molar-refractivity contribution in [1.29, 1.82) is 0 Å². The number of ether oxygens (including phenoxy) is 2. The summed E-state index contributed by atoms with van der Waals surface area (Å²) in [6.07, 6.45) is 21.7. The van der Waals surface area contributed by atoms with Crippen molar-refractivity contribution in [3.8, 4) is 34.0 Å². The molecule has 3 rings (SSSR count). The van der Waals surface area contributed by atoms with Crippen LogP contribution in [-0.2, 0) is 4.79 Å². The largest absolute Gasteiger partial charge is 0.494 e. The quantitative estimate of drug-likeness (QED) is 0.0722. The number of nitrogens with zero attached hydrogens (tertiary/aromatic N) is 2. The zero-order valence-electron chi connectivity index (χ0n) is 26.3. The molecule has 0 aliphatic carbocycles. The number of esters is 1. The van der Waals surface area contributed by atoms with E-state index in [0.717, 1.165) is 54.2 Å². The number of hydrogen-bond donors (Lipinski definition) is 0. The Morgan fingerprint density at radius 3 is 1.86 bits per heavy atom. The minimum absolute atomic E-state index is 0.171. The van der Waals surface area contributed by atoms with E-state index in [0.29, 0.717) is 18.0 Å². The highest BCUT2D eigenvalue weighted by Crippen LogP contribution is 2.25. The van der Waals surface area contributed by atoms with Gasteiger partial charge in [-0.25, -0.2) is 9.97 Å². The van der Waals surface area contributed by atoms with Crippen LogP contribution in [0, 0.1) is 5.92 Å². The summed E-state index contributed by atoms with van der Waals surface area (Å²) in [6, 6.07) is 15.5. The van der Waals surface area contributed by atoms with Crippen LogP contribution >= 0.6 is 0 Å². The molecule has 5 heteroatoms. The Morgan fingerprint density at radius 1 is 0.667 bits per heavy atom. The lowest BCUT2D eigenvalue weighted by molar-refractivity contribution is -0.134. The van der Waals surface area contributed by atoms with Gasteiger partial charge in [0, 0.05) is 29.9 Å². The third kappa shape index (κ3) is 12.8. The van der Waals surface area contributed by atoms with Gasteiger partial charge in [-0.05, 0) is 60.7 Å². The lowest BCUT2D eigenvalue weighted by Gasteiger charge is -2.09. The molecule has 5 nitrogen and oxygen atoms in total. The van der Waals surface area contributed by atoms with Gasteiger partial charge in [0.15, 0.2) is 5.82 Å². The molecule has 0 bridgehead atoms. The van der Waals surface area contributed by atoms with Crippen molar-refractivity contribution in [3.63, 3.8) is 0 Å². The smallest absolute Gasteiger partial charge is 0.311 e. The Labute approximate surface area is 254 Å². The van der Waals surface area contributed by atoms with Gasteiger partial charge in [0.2, 0.25) is 0 Å². The van der Waals surface area contributed by atoms with Gasteiger partial charge in [-0.15, -0.1) is 0 Å². The van der Waals surface area contributed by atoms with Crippen molar-refractivity contribution in [2.24, 2.45) is 5.92 Å². The third-order valence-electron chi connectivity index (χ3n) is 7.98. The molecule has 2 aromatic carbocycles. The molecular formula is C37H52N2O3. The van der Waals surface area contributed by atoms with Crippen molar-refractivity contribution >= 4 is 5.97 Å². The molecule has 1 aromatic heterocycles. The number of rotatable bonds is 21. The standard InChI is InChI=1S/C37H52N2O3/c1-4-6-7-8-9-10-11-12-13-16-27-41-34-23-21-32(22-24-34)37-38-28-33(29-39-37)31-19-25-35(26-20-31)42-36(40)18-15-14-17-30(3)5-2/h19-26,28-30H,4-18,27H2,1-3H3. The molecule has 0 saturated carbocycles. The average Bonchev–Trinajstić information content (AvgIpc) is 3.02. The van der Waals surface area contributed by atoms with Crippen molar-refractivity contribution < 1.29 is 14.3 Å². The van der Waals surface area contributed by atoms with Crippen LogP contribution in [0.3, 0.4) is 0 Å². The highest BCUT2D eigenvalue weighted by molar-refractivity contribution is 5.73. The van der Waals surface area contributed by atoms with Gasteiger partial charge < -0.3 is 9.47 Å². The predicted molar refractivity (Wildman–Crippen MR) is 174 cm³/mol. The number of benzene rings is 2. The number of aromatic nitrogens is 2. The minimum Gasteiger partial charge on any atom is -0.494 e. The van der Waals surface area contributed by atoms with E-state index in [-0.39, 0.29) is 5.97 Å². The van der Waals surface area contributed by atoms with Crippen molar-refractivity contribution in [3.05, 3.63) is 60.9 Å². The maximum Gasteiger partial charge on any atom is 0.311 e. The zero-order valence-corrected chi connectivity index (χ0v) is 26.3. The highest BCUT2D eigenvalue weighted by atomic mass is 16.5. The fraction of sp³-hybridized carbons (Fsp3) is 0.541. The first-order valence-corrected chi connectivity index (χ1v) is 16.5. The fourth-order valence-electron chi connectivity index (χ4n) is 4.97. The van der Waals surface area contributed by atoms with E-state index in [1.165, 1.54) is 70.6 Å². The van der Waals surface area contributed by atoms with Crippen LogP contribution in [0.1, 0.15) is 117 Å². The summed E-state index contributed by atoms with van der Waals surface area (Å²) in [5.41, 5.74) is 2.85. The molecule has 1 atom stereocenters. The molecule has 0 N–H and O–H groups in total. The van der Waals surface area contributed by atoms with E-state index in [2.05, 4.69) is 30.7 Å². The molecule has 0 radical (unpaired) electrons. The van der Waals surface area contributed by atoms with E-state index < -0.39 is 0 Å². The maximum absolute atomic E-state index is 12.2. The van der Waals surface area contributed by atoms with Crippen LogP contribution in [0.5, 0.6) is 11.5 Å². The Morgan fingerprint density at radius 2 is 1.24 bits per heavy atom. The maximum atomic E-state index is 12.2. The minimum atomic E-state index is -0.171. The second-order valence-electron chi connectivity index (χ2n) is 11.6. The van der Waals surface area contributed by atoms with E-state index in [1.54, 1.807) is 0 Å². The Balaban J connectivity index is 1.35. The molecule has 1 heterocycles. The Hall–Kier alpha value is -3.21. The lowest BCUT2D eigenvalue weighted by Crippen LogP contribution is -2.07. The number of unbranched alkanes of at least 4 members (excludes halogenated alkanes) is 10. The number of carbonyl (C=O) groups is 1. The van der Waals surface area contributed by atoms with Crippen molar-refractivity contribution in [2.45, 2.75) is 117 Å². The molecule has 0 aliphatic rings. The molecule has 0 amide bonds. The molecule has 3 aromatic rings. The molecule has 0 spiro atoms. The predicted octanol–water partition coefficient (Wildman–Crippen LogP) is 10.6. The first kappa shape index (κ1) is 33.3. The molecule has 0 saturated heterocycles. The lowest BCUT2D eigenvalue weighted by atomic mass is 10.0. The molecule has 42 heavy (non-hydrogen) atoms. The van der Waals surface area contributed by atoms with Crippen LogP contribution in [0.25, 0.3) is 22.5 Å². The van der Waals surface area contributed by atoms with Crippen LogP contribution in [0.2, 0.25) is 0 Å². The second-order valence-corrected chi connectivity index (χ2v) is 11.6. The third-order valence-corrected chi connectivity index (χ3v) is 7.98. The van der Waals surface area contributed by atoms with Gasteiger partial charge >= 0.3 is 5.97 Å². The molecule has 0 fully saturated rings. The van der Waals surface area contributed by atoms with Crippen molar-refractivity contribution in [1.82, 2.24) is 9.97 Å². The van der Waals surface area contributed by atoms with Gasteiger partial charge in [-0.1, -0.05) is 110 Å². The topological polar surface area (TPSA) is 61.3 Å². The van der Waals surface area contributed by atoms with E-state index in [4.69, 9.17) is 9.47 Å². The van der Waals surface area contributed by atoms with E-state index in [1.807, 2.05) is 60.9 Å². The van der Waals surface area contributed by atoms with Crippen LogP contribution in [0.15, 0.2) is 60.9 Å². The first-order chi connectivity index (χ1) is 20.6. The van der Waals surface area contributed by atoms with Crippen LogP contribution in [0.4, 0.5) is 0 Å².